The lowest BCUT2D eigenvalue weighted by atomic mass is 9.82. The number of nitrogens with zero attached hydrogens (tertiary/aromatic N) is 1. The molecule has 0 spiro atoms. The SMILES string of the molecule is CC1(C)c2ccccc2-c2c(-c3ccccc3N(c3ccccc3-c3ccc4ccccc4c3)c3ccc(-c4ccccc4)cc3-c3ccccc3)cccc21. The highest BCUT2D eigenvalue weighted by Crippen LogP contribution is 2.55. The topological polar surface area (TPSA) is 3.24 Å². The van der Waals surface area contributed by atoms with E-state index in [-0.39, 0.29) is 5.41 Å². The molecule has 0 saturated carbocycles. The molecule has 0 atom stereocenters. The smallest absolute Gasteiger partial charge is 0.0540 e. The molecule has 1 nitrogen and oxygen atoms in total. The van der Waals surface area contributed by atoms with Crippen LogP contribution in [0.25, 0.3) is 66.4 Å². The van der Waals surface area contributed by atoms with E-state index < -0.39 is 0 Å². The van der Waals surface area contributed by atoms with Gasteiger partial charge in [0.1, 0.15) is 0 Å². The Bertz CT molecular complexity index is 2880. The van der Waals surface area contributed by atoms with Crippen LogP contribution in [0.4, 0.5) is 17.1 Å². The van der Waals surface area contributed by atoms with Crippen LogP contribution in [0.5, 0.6) is 0 Å². The largest absolute Gasteiger partial charge is 0.309 e. The average Bonchev–Trinajstić information content (AvgIpc) is 3.50. The number of rotatable bonds is 7. The average molecular weight is 716 g/mol. The van der Waals surface area contributed by atoms with E-state index in [1.54, 1.807) is 0 Å². The van der Waals surface area contributed by atoms with E-state index in [4.69, 9.17) is 0 Å². The predicted octanol–water partition coefficient (Wildman–Crippen LogP) is 15.3. The maximum absolute atomic E-state index is 2.52. The van der Waals surface area contributed by atoms with Crippen molar-refractivity contribution >= 4 is 27.8 Å². The monoisotopic (exact) mass is 715 g/mol. The Kier molecular flexibility index (Phi) is 8.23. The van der Waals surface area contributed by atoms with Crippen molar-refractivity contribution in [2.75, 3.05) is 4.90 Å². The summed E-state index contributed by atoms with van der Waals surface area (Å²) < 4.78 is 0. The summed E-state index contributed by atoms with van der Waals surface area (Å²) in [5, 5.41) is 2.46. The van der Waals surface area contributed by atoms with Gasteiger partial charge < -0.3 is 4.90 Å². The highest BCUT2D eigenvalue weighted by molar-refractivity contribution is 6.02. The second-order valence-electron chi connectivity index (χ2n) is 15.3. The van der Waals surface area contributed by atoms with Crippen LogP contribution in [-0.4, -0.2) is 0 Å². The highest BCUT2D eigenvalue weighted by atomic mass is 15.1. The Morgan fingerprint density at radius 3 is 1.61 bits per heavy atom. The van der Waals surface area contributed by atoms with Crippen LogP contribution in [0.1, 0.15) is 25.0 Å². The van der Waals surface area contributed by atoms with E-state index >= 15 is 0 Å². The standard InChI is InChI=1S/C55H41N/c1-55(2)49-28-14-11-26-47(49)54-46(27-17-29-50(54)55)45-25-13-16-31-52(45)56(51-30-15-12-24-44(51)43-33-32-39-20-9-10-23-41(39)36-43)53-35-34-42(38-18-5-3-6-19-38)37-48(53)40-21-7-4-8-22-40/h3-37H,1-2H3. The quantitative estimate of drug-likeness (QED) is 0.159. The minimum Gasteiger partial charge on any atom is -0.309 e. The summed E-state index contributed by atoms with van der Waals surface area (Å²) in [6, 6.07) is 77.7. The zero-order valence-electron chi connectivity index (χ0n) is 31.7. The third-order valence-electron chi connectivity index (χ3n) is 11.7. The lowest BCUT2D eigenvalue weighted by Crippen LogP contribution is -2.15. The van der Waals surface area contributed by atoms with Crippen molar-refractivity contribution in [1.82, 2.24) is 0 Å². The van der Waals surface area contributed by atoms with E-state index in [1.165, 1.54) is 77.5 Å². The Morgan fingerprint density at radius 2 is 0.839 bits per heavy atom. The fourth-order valence-corrected chi connectivity index (χ4v) is 8.92. The molecule has 9 aromatic carbocycles. The third kappa shape index (κ3) is 5.63. The fourth-order valence-electron chi connectivity index (χ4n) is 8.92. The van der Waals surface area contributed by atoms with E-state index in [0.29, 0.717) is 0 Å². The molecule has 266 valence electrons. The lowest BCUT2D eigenvalue weighted by Gasteiger charge is -2.32. The number of benzene rings is 9. The first-order chi connectivity index (χ1) is 27.6. The second kappa shape index (κ2) is 13.7. The van der Waals surface area contributed by atoms with Gasteiger partial charge in [0.2, 0.25) is 0 Å². The van der Waals surface area contributed by atoms with E-state index in [9.17, 15) is 0 Å². The summed E-state index contributed by atoms with van der Waals surface area (Å²) in [6.45, 7) is 4.72. The van der Waals surface area contributed by atoms with Crippen molar-refractivity contribution in [2.24, 2.45) is 0 Å². The van der Waals surface area contributed by atoms with Crippen LogP contribution in [-0.2, 0) is 5.41 Å². The van der Waals surface area contributed by atoms with Gasteiger partial charge in [-0.1, -0.05) is 196 Å². The van der Waals surface area contributed by atoms with Crippen molar-refractivity contribution in [2.45, 2.75) is 19.3 Å². The van der Waals surface area contributed by atoms with Gasteiger partial charge in [0, 0.05) is 22.1 Å². The summed E-state index contributed by atoms with van der Waals surface area (Å²) in [5.41, 5.74) is 18.1. The molecule has 0 bridgehead atoms. The van der Waals surface area contributed by atoms with Crippen molar-refractivity contribution in [3.63, 3.8) is 0 Å². The molecule has 1 heteroatoms. The molecule has 1 aliphatic carbocycles. The van der Waals surface area contributed by atoms with E-state index in [0.717, 1.165) is 17.1 Å². The van der Waals surface area contributed by atoms with Crippen molar-refractivity contribution < 1.29 is 0 Å². The first kappa shape index (κ1) is 33.6. The van der Waals surface area contributed by atoms with Gasteiger partial charge in [-0.15, -0.1) is 0 Å². The maximum Gasteiger partial charge on any atom is 0.0540 e. The Balaban J connectivity index is 1.27. The summed E-state index contributed by atoms with van der Waals surface area (Å²) in [7, 11) is 0. The minimum atomic E-state index is -0.104. The van der Waals surface area contributed by atoms with Crippen molar-refractivity contribution in [3.8, 4) is 55.6 Å². The molecule has 0 N–H and O–H groups in total. The van der Waals surface area contributed by atoms with Gasteiger partial charge in [-0.2, -0.15) is 0 Å². The molecule has 1 aliphatic rings. The van der Waals surface area contributed by atoms with Crippen LogP contribution >= 0.6 is 0 Å². The zero-order chi connectivity index (χ0) is 37.6. The second-order valence-corrected chi connectivity index (χ2v) is 15.3. The summed E-state index contributed by atoms with van der Waals surface area (Å²) in [4.78, 5) is 2.52. The molecule has 0 aromatic heterocycles. The molecule has 9 aromatic rings. The van der Waals surface area contributed by atoms with Crippen LogP contribution < -0.4 is 4.90 Å². The predicted molar refractivity (Wildman–Crippen MR) is 238 cm³/mol. The lowest BCUT2D eigenvalue weighted by molar-refractivity contribution is 0.660. The number of fused-ring (bicyclic) bond motifs is 4. The molecule has 0 aliphatic heterocycles. The van der Waals surface area contributed by atoms with Crippen LogP contribution in [0.3, 0.4) is 0 Å². The van der Waals surface area contributed by atoms with Gasteiger partial charge in [-0.3, -0.25) is 0 Å². The normalized spacial score (nSPS) is 12.6. The van der Waals surface area contributed by atoms with Crippen LogP contribution in [0, 0.1) is 0 Å². The first-order valence-corrected chi connectivity index (χ1v) is 19.5. The van der Waals surface area contributed by atoms with Gasteiger partial charge in [-0.05, 0) is 91.2 Å². The number of hydrogen-bond donors (Lipinski definition) is 0. The molecule has 0 radical (unpaired) electrons. The molecule has 56 heavy (non-hydrogen) atoms. The summed E-state index contributed by atoms with van der Waals surface area (Å²) >= 11 is 0. The highest BCUT2D eigenvalue weighted by Gasteiger charge is 2.37. The van der Waals surface area contributed by atoms with Crippen molar-refractivity contribution in [1.29, 1.82) is 0 Å². The van der Waals surface area contributed by atoms with E-state index in [1.807, 2.05) is 0 Å². The number of para-hydroxylation sites is 2. The summed E-state index contributed by atoms with van der Waals surface area (Å²) in [5.74, 6) is 0. The maximum atomic E-state index is 2.52. The first-order valence-electron chi connectivity index (χ1n) is 19.5. The summed E-state index contributed by atoms with van der Waals surface area (Å²) in [6.07, 6.45) is 0. The van der Waals surface area contributed by atoms with Crippen molar-refractivity contribution in [3.05, 3.63) is 223 Å². The Morgan fingerprint density at radius 1 is 0.304 bits per heavy atom. The van der Waals surface area contributed by atoms with Crippen LogP contribution in [0.15, 0.2) is 212 Å². The molecule has 0 amide bonds. The third-order valence-corrected chi connectivity index (χ3v) is 11.7. The number of anilines is 3. The van der Waals surface area contributed by atoms with Gasteiger partial charge in [0.05, 0.1) is 17.1 Å². The van der Waals surface area contributed by atoms with E-state index in [2.05, 4.69) is 231 Å². The van der Waals surface area contributed by atoms with Gasteiger partial charge in [0.15, 0.2) is 0 Å². The molecule has 0 unspecified atom stereocenters. The zero-order valence-corrected chi connectivity index (χ0v) is 31.7. The Hall–Kier alpha value is -6.96. The molecule has 0 saturated heterocycles. The van der Waals surface area contributed by atoms with Gasteiger partial charge in [0.25, 0.3) is 0 Å². The molecular weight excluding hydrogens is 675 g/mol. The van der Waals surface area contributed by atoms with Crippen LogP contribution in [0.2, 0.25) is 0 Å². The molecular formula is C55H41N. The fraction of sp³-hybridized carbons (Fsp3) is 0.0545. The molecule has 10 rings (SSSR count). The molecule has 0 heterocycles. The number of hydrogen-bond acceptors (Lipinski definition) is 1. The van der Waals surface area contributed by atoms with Gasteiger partial charge in [-0.25, -0.2) is 0 Å². The Labute approximate surface area is 329 Å². The van der Waals surface area contributed by atoms with Gasteiger partial charge >= 0.3 is 0 Å². The molecule has 0 fully saturated rings. The minimum absolute atomic E-state index is 0.104.